The van der Waals surface area contributed by atoms with Gasteiger partial charge in [0.25, 0.3) is 0 Å². The van der Waals surface area contributed by atoms with Crippen LogP contribution in [-0.2, 0) is 0 Å². The van der Waals surface area contributed by atoms with E-state index in [1.165, 1.54) is 17.7 Å². The molecule has 0 unspecified atom stereocenters. The van der Waals surface area contributed by atoms with Gasteiger partial charge in [-0.2, -0.15) is 4.37 Å². The van der Waals surface area contributed by atoms with Crippen LogP contribution < -0.4 is 0 Å². The SMILES string of the molecule is Oc1cnc(-c2nsc3ccccc23)c2ccccc12. The number of hydrogen-bond acceptors (Lipinski definition) is 4. The van der Waals surface area contributed by atoms with Crippen LogP contribution in [0.25, 0.3) is 32.2 Å². The van der Waals surface area contributed by atoms with Crippen molar-refractivity contribution in [1.82, 2.24) is 9.36 Å². The lowest BCUT2D eigenvalue weighted by Crippen LogP contribution is -1.87. The fraction of sp³-hybridized carbons (Fsp3) is 0. The van der Waals surface area contributed by atoms with E-state index in [1.807, 2.05) is 36.4 Å². The van der Waals surface area contributed by atoms with Crippen LogP contribution in [0, 0.1) is 0 Å². The summed E-state index contributed by atoms with van der Waals surface area (Å²) in [5, 5.41) is 12.7. The van der Waals surface area contributed by atoms with Crippen molar-refractivity contribution >= 4 is 32.4 Å². The third-order valence-corrected chi connectivity index (χ3v) is 4.20. The maximum absolute atomic E-state index is 9.93. The highest BCUT2D eigenvalue weighted by atomic mass is 32.1. The van der Waals surface area contributed by atoms with Crippen molar-refractivity contribution in [2.75, 3.05) is 0 Å². The van der Waals surface area contributed by atoms with Gasteiger partial charge in [-0.05, 0) is 17.6 Å². The Labute approximate surface area is 119 Å². The zero-order valence-electron chi connectivity index (χ0n) is 10.4. The van der Waals surface area contributed by atoms with Gasteiger partial charge in [0.05, 0.1) is 16.6 Å². The highest BCUT2D eigenvalue weighted by Crippen LogP contribution is 2.35. The van der Waals surface area contributed by atoms with E-state index in [0.29, 0.717) is 0 Å². The minimum Gasteiger partial charge on any atom is -0.506 e. The summed E-state index contributed by atoms with van der Waals surface area (Å²) in [5.74, 6) is 0.198. The monoisotopic (exact) mass is 278 g/mol. The number of rotatable bonds is 1. The average Bonchev–Trinajstić information content (AvgIpc) is 2.92. The second-order valence-corrected chi connectivity index (χ2v) is 5.37. The molecule has 2 aromatic carbocycles. The average molecular weight is 278 g/mol. The molecule has 4 aromatic rings. The summed E-state index contributed by atoms with van der Waals surface area (Å²) in [6.07, 6.45) is 1.49. The Kier molecular flexibility index (Phi) is 2.44. The Morgan fingerprint density at radius 2 is 1.50 bits per heavy atom. The minimum atomic E-state index is 0.198. The topological polar surface area (TPSA) is 46.0 Å². The fourth-order valence-corrected chi connectivity index (χ4v) is 3.20. The van der Waals surface area contributed by atoms with Gasteiger partial charge in [-0.15, -0.1) is 0 Å². The van der Waals surface area contributed by atoms with Crippen LogP contribution in [0.15, 0.2) is 54.7 Å². The maximum atomic E-state index is 9.93. The highest BCUT2D eigenvalue weighted by Gasteiger charge is 2.13. The van der Waals surface area contributed by atoms with Crippen LogP contribution in [0.1, 0.15) is 0 Å². The molecule has 20 heavy (non-hydrogen) atoms. The van der Waals surface area contributed by atoms with Crippen molar-refractivity contribution in [2.45, 2.75) is 0 Å². The molecule has 0 spiro atoms. The molecular weight excluding hydrogens is 268 g/mol. The Bertz CT molecular complexity index is 930. The van der Waals surface area contributed by atoms with Crippen molar-refractivity contribution in [3.63, 3.8) is 0 Å². The molecule has 0 fully saturated rings. The van der Waals surface area contributed by atoms with Crippen molar-refractivity contribution < 1.29 is 5.11 Å². The number of hydrogen-bond donors (Lipinski definition) is 1. The molecule has 0 aliphatic rings. The number of aromatic hydroxyl groups is 1. The van der Waals surface area contributed by atoms with Crippen molar-refractivity contribution in [3.8, 4) is 17.1 Å². The summed E-state index contributed by atoms with van der Waals surface area (Å²) < 4.78 is 5.68. The summed E-state index contributed by atoms with van der Waals surface area (Å²) in [7, 11) is 0. The van der Waals surface area contributed by atoms with E-state index in [0.717, 1.165) is 32.2 Å². The van der Waals surface area contributed by atoms with Crippen LogP contribution in [0.2, 0.25) is 0 Å². The third-order valence-electron chi connectivity index (χ3n) is 3.38. The predicted molar refractivity (Wildman–Crippen MR) is 82.0 cm³/mol. The molecule has 4 rings (SSSR count). The molecule has 4 heteroatoms. The molecule has 2 heterocycles. The normalized spacial score (nSPS) is 11.2. The molecule has 3 nitrogen and oxygen atoms in total. The Balaban J connectivity index is 2.10. The van der Waals surface area contributed by atoms with Gasteiger partial charge < -0.3 is 5.11 Å². The van der Waals surface area contributed by atoms with E-state index in [4.69, 9.17) is 0 Å². The Hall–Kier alpha value is -2.46. The van der Waals surface area contributed by atoms with E-state index in [-0.39, 0.29) is 5.75 Å². The van der Waals surface area contributed by atoms with Crippen LogP contribution >= 0.6 is 11.5 Å². The lowest BCUT2D eigenvalue weighted by atomic mass is 10.1. The van der Waals surface area contributed by atoms with Crippen molar-refractivity contribution in [1.29, 1.82) is 0 Å². The van der Waals surface area contributed by atoms with Gasteiger partial charge in [0.2, 0.25) is 0 Å². The number of pyridine rings is 1. The third kappa shape index (κ3) is 1.58. The summed E-state index contributed by atoms with van der Waals surface area (Å²) in [6.45, 7) is 0. The van der Waals surface area contributed by atoms with Gasteiger partial charge in [0.15, 0.2) is 0 Å². The molecule has 0 aliphatic carbocycles. The summed E-state index contributed by atoms with van der Waals surface area (Å²) in [5.41, 5.74) is 1.69. The first kappa shape index (κ1) is 11.4. The molecule has 96 valence electrons. The lowest BCUT2D eigenvalue weighted by molar-refractivity contribution is 0.479. The minimum absolute atomic E-state index is 0.198. The summed E-state index contributed by atoms with van der Waals surface area (Å²) in [4.78, 5) is 4.39. The molecular formula is C16H10N2OS. The summed E-state index contributed by atoms with van der Waals surface area (Å²) >= 11 is 1.47. The van der Waals surface area contributed by atoms with E-state index in [2.05, 4.69) is 21.5 Å². The molecule has 0 amide bonds. The van der Waals surface area contributed by atoms with E-state index in [1.54, 1.807) is 0 Å². The predicted octanol–water partition coefficient (Wildman–Crippen LogP) is 4.22. The van der Waals surface area contributed by atoms with E-state index < -0.39 is 0 Å². The fourth-order valence-electron chi connectivity index (χ4n) is 2.42. The first-order valence-corrected chi connectivity index (χ1v) is 7.03. The van der Waals surface area contributed by atoms with E-state index in [9.17, 15) is 5.11 Å². The van der Waals surface area contributed by atoms with Gasteiger partial charge in [-0.3, -0.25) is 4.98 Å². The zero-order chi connectivity index (χ0) is 13.5. The number of benzene rings is 2. The zero-order valence-corrected chi connectivity index (χ0v) is 11.3. The second kappa shape index (κ2) is 4.28. The first-order chi connectivity index (χ1) is 9.84. The highest BCUT2D eigenvalue weighted by molar-refractivity contribution is 7.13. The van der Waals surface area contributed by atoms with Gasteiger partial charge in [-0.1, -0.05) is 42.5 Å². The van der Waals surface area contributed by atoms with Crippen LogP contribution in [-0.4, -0.2) is 14.5 Å². The van der Waals surface area contributed by atoms with Crippen LogP contribution in [0.5, 0.6) is 5.75 Å². The first-order valence-electron chi connectivity index (χ1n) is 6.26. The Morgan fingerprint density at radius 3 is 2.35 bits per heavy atom. The number of aromatic nitrogens is 2. The molecule has 0 saturated heterocycles. The number of nitrogens with zero attached hydrogens (tertiary/aromatic N) is 2. The number of fused-ring (bicyclic) bond motifs is 2. The van der Waals surface area contributed by atoms with Gasteiger partial charge in [-0.25, -0.2) is 0 Å². The second-order valence-electron chi connectivity index (χ2n) is 4.56. The van der Waals surface area contributed by atoms with Crippen LogP contribution in [0.3, 0.4) is 0 Å². The smallest absolute Gasteiger partial charge is 0.141 e. The van der Waals surface area contributed by atoms with Crippen molar-refractivity contribution in [3.05, 3.63) is 54.7 Å². The van der Waals surface area contributed by atoms with Crippen LogP contribution in [0.4, 0.5) is 0 Å². The molecule has 0 radical (unpaired) electrons. The summed E-state index contributed by atoms with van der Waals surface area (Å²) in [6, 6.07) is 15.8. The van der Waals surface area contributed by atoms with E-state index >= 15 is 0 Å². The van der Waals surface area contributed by atoms with Crippen molar-refractivity contribution in [2.24, 2.45) is 0 Å². The molecule has 1 N–H and O–H groups in total. The standard InChI is InChI=1S/C16H10N2OS/c19-13-9-17-15(11-6-2-1-5-10(11)13)16-12-7-3-4-8-14(12)20-18-16/h1-9,19H. The van der Waals surface area contributed by atoms with Gasteiger partial charge >= 0.3 is 0 Å². The largest absolute Gasteiger partial charge is 0.506 e. The molecule has 0 aliphatic heterocycles. The Morgan fingerprint density at radius 1 is 0.800 bits per heavy atom. The lowest BCUT2D eigenvalue weighted by Gasteiger charge is -2.05. The maximum Gasteiger partial charge on any atom is 0.141 e. The molecule has 0 bridgehead atoms. The molecule has 0 saturated carbocycles. The molecule has 2 aromatic heterocycles. The molecule has 0 atom stereocenters. The quantitative estimate of drug-likeness (QED) is 0.567. The van der Waals surface area contributed by atoms with Gasteiger partial charge in [0, 0.05) is 16.2 Å². The van der Waals surface area contributed by atoms with Gasteiger partial charge in [0.1, 0.15) is 11.4 Å².